The van der Waals surface area contributed by atoms with Gasteiger partial charge in [-0.25, -0.2) is 0 Å². The minimum absolute atomic E-state index is 0.288. The molecule has 4 heteroatoms. The second-order valence-corrected chi connectivity index (χ2v) is 6.84. The van der Waals surface area contributed by atoms with Crippen molar-refractivity contribution in [1.82, 2.24) is 9.80 Å². The van der Waals surface area contributed by atoms with E-state index in [4.69, 9.17) is 9.47 Å². The summed E-state index contributed by atoms with van der Waals surface area (Å²) in [6, 6.07) is 8.57. The van der Waals surface area contributed by atoms with Crippen LogP contribution in [0.3, 0.4) is 0 Å². The highest BCUT2D eigenvalue weighted by molar-refractivity contribution is 5.28. The Kier molecular flexibility index (Phi) is 6.31. The molecule has 2 aliphatic rings. The van der Waals surface area contributed by atoms with Gasteiger partial charge in [-0.1, -0.05) is 12.1 Å². The number of hydrogen-bond acceptors (Lipinski definition) is 4. The second kappa shape index (κ2) is 8.67. The molecule has 0 saturated carbocycles. The Morgan fingerprint density at radius 3 is 2.87 bits per heavy atom. The lowest BCUT2D eigenvalue weighted by Gasteiger charge is -2.32. The standard InChI is InChI=1S/C19H30N2O2/c1-20-10-12-21(13-11-20)9-3-6-17-5-2-7-18(15-17)23-16-19-8-4-14-22-19/h2,5,7,15,19H,3-4,6,8-14,16H2,1H3. The van der Waals surface area contributed by atoms with E-state index < -0.39 is 0 Å². The van der Waals surface area contributed by atoms with Crippen LogP contribution in [0.25, 0.3) is 0 Å². The number of benzene rings is 1. The number of likely N-dealkylation sites (N-methyl/N-ethyl adjacent to an activating group) is 1. The minimum atomic E-state index is 0.288. The highest BCUT2D eigenvalue weighted by Gasteiger charge is 2.16. The van der Waals surface area contributed by atoms with Crippen LogP contribution in [-0.4, -0.2) is 68.9 Å². The third-order valence-electron chi connectivity index (χ3n) is 4.89. The van der Waals surface area contributed by atoms with Crippen LogP contribution < -0.4 is 4.74 Å². The monoisotopic (exact) mass is 318 g/mol. The van der Waals surface area contributed by atoms with Gasteiger partial charge in [-0.2, -0.15) is 0 Å². The Morgan fingerprint density at radius 1 is 1.22 bits per heavy atom. The van der Waals surface area contributed by atoms with Crippen LogP contribution >= 0.6 is 0 Å². The van der Waals surface area contributed by atoms with Crippen LogP contribution in [-0.2, 0) is 11.2 Å². The molecular formula is C19H30N2O2. The van der Waals surface area contributed by atoms with E-state index in [2.05, 4.69) is 41.1 Å². The van der Waals surface area contributed by atoms with Crippen LogP contribution in [0.4, 0.5) is 0 Å². The van der Waals surface area contributed by atoms with Gasteiger partial charge in [0.25, 0.3) is 0 Å². The van der Waals surface area contributed by atoms with Crippen LogP contribution in [0.5, 0.6) is 5.75 Å². The Balaban J connectivity index is 1.38. The lowest BCUT2D eigenvalue weighted by Crippen LogP contribution is -2.44. The quantitative estimate of drug-likeness (QED) is 0.771. The first-order chi connectivity index (χ1) is 11.3. The number of ether oxygens (including phenoxy) is 2. The van der Waals surface area contributed by atoms with Crippen molar-refractivity contribution < 1.29 is 9.47 Å². The van der Waals surface area contributed by atoms with Crippen molar-refractivity contribution in [3.63, 3.8) is 0 Å². The van der Waals surface area contributed by atoms with Crippen molar-refractivity contribution in [1.29, 1.82) is 0 Å². The lowest BCUT2D eigenvalue weighted by molar-refractivity contribution is 0.0679. The molecule has 128 valence electrons. The van der Waals surface area contributed by atoms with Gasteiger partial charge < -0.3 is 19.3 Å². The summed E-state index contributed by atoms with van der Waals surface area (Å²) >= 11 is 0. The molecular weight excluding hydrogens is 288 g/mol. The van der Waals surface area contributed by atoms with Gasteiger partial charge in [-0.15, -0.1) is 0 Å². The van der Waals surface area contributed by atoms with Gasteiger partial charge >= 0.3 is 0 Å². The molecule has 2 heterocycles. The van der Waals surface area contributed by atoms with Gasteiger partial charge in [0.15, 0.2) is 0 Å². The van der Waals surface area contributed by atoms with Crippen molar-refractivity contribution >= 4 is 0 Å². The lowest BCUT2D eigenvalue weighted by atomic mass is 10.1. The second-order valence-electron chi connectivity index (χ2n) is 6.84. The molecule has 0 aliphatic carbocycles. The molecule has 0 radical (unpaired) electrons. The van der Waals surface area contributed by atoms with Gasteiger partial charge in [0.1, 0.15) is 12.4 Å². The molecule has 23 heavy (non-hydrogen) atoms. The molecule has 1 unspecified atom stereocenters. The van der Waals surface area contributed by atoms with Crippen molar-refractivity contribution in [2.75, 3.05) is 53.0 Å². The third-order valence-corrected chi connectivity index (χ3v) is 4.89. The highest BCUT2D eigenvalue weighted by Crippen LogP contribution is 2.18. The fourth-order valence-electron chi connectivity index (χ4n) is 3.33. The molecule has 0 aromatic heterocycles. The predicted octanol–water partition coefficient (Wildman–Crippen LogP) is 2.42. The normalized spacial score (nSPS) is 23.3. The maximum Gasteiger partial charge on any atom is 0.119 e. The molecule has 4 nitrogen and oxygen atoms in total. The first-order valence-electron chi connectivity index (χ1n) is 9.04. The number of piperazine rings is 1. The first kappa shape index (κ1) is 16.7. The summed E-state index contributed by atoms with van der Waals surface area (Å²) in [6.07, 6.45) is 4.93. The molecule has 0 bridgehead atoms. The summed E-state index contributed by atoms with van der Waals surface area (Å²) in [4.78, 5) is 4.99. The summed E-state index contributed by atoms with van der Waals surface area (Å²) < 4.78 is 11.5. The fraction of sp³-hybridized carbons (Fsp3) is 0.684. The summed E-state index contributed by atoms with van der Waals surface area (Å²) in [7, 11) is 2.21. The molecule has 2 aliphatic heterocycles. The number of nitrogens with zero attached hydrogens (tertiary/aromatic N) is 2. The molecule has 3 rings (SSSR count). The van der Waals surface area contributed by atoms with Crippen LogP contribution in [0.1, 0.15) is 24.8 Å². The van der Waals surface area contributed by atoms with Gasteiger partial charge in [-0.05, 0) is 57.0 Å². The van der Waals surface area contributed by atoms with Gasteiger partial charge in [0, 0.05) is 32.8 Å². The topological polar surface area (TPSA) is 24.9 Å². The van der Waals surface area contributed by atoms with E-state index in [1.165, 1.54) is 51.1 Å². The average Bonchev–Trinajstić information content (AvgIpc) is 3.09. The van der Waals surface area contributed by atoms with Crippen molar-refractivity contribution in [3.05, 3.63) is 29.8 Å². The van der Waals surface area contributed by atoms with Crippen molar-refractivity contribution in [2.24, 2.45) is 0 Å². The zero-order valence-electron chi connectivity index (χ0n) is 14.4. The smallest absolute Gasteiger partial charge is 0.119 e. The van der Waals surface area contributed by atoms with E-state index in [1.54, 1.807) is 0 Å². The van der Waals surface area contributed by atoms with E-state index in [0.29, 0.717) is 6.61 Å². The maximum atomic E-state index is 5.90. The number of hydrogen-bond donors (Lipinski definition) is 0. The first-order valence-corrected chi connectivity index (χ1v) is 9.04. The summed E-state index contributed by atoms with van der Waals surface area (Å²) in [5.41, 5.74) is 1.38. The van der Waals surface area contributed by atoms with E-state index in [0.717, 1.165) is 25.2 Å². The van der Waals surface area contributed by atoms with Crippen molar-refractivity contribution in [3.8, 4) is 5.75 Å². The Bertz CT molecular complexity index is 466. The minimum Gasteiger partial charge on any atom is -0.491 e. The van der Waals surface area contributed by atoms with Crippen LogP contribution in [0.2, 0.25) is 0 Å². The Hall–Kier alpha value is -1.10. The molecule has 2 saturated heterocycles. The summed E-state index contributed by atoms with van der Waals surface area (Å²) in [5.74, 6) is 0.984. The zero-order chi connectivity index (χ0) is 15.9. The van der Waals surface area contributed by atoms with Gasteiger partial charge in [-0.3, -0.25) is 0 Å². The predicted molar refractivity (Wildman–Crippen MR) is 93.2 cm³/mol. The van der Waals surface area contributed by atoms with Gasteiger partial charge in [0.2, 0.25) is 0 Å². The molecule has 1 aromatic carbocycles. The van der Waals surface area contributed by atoms with E-state index >= 15 is 0 Å². The SMILES string of the molecule is CN1CCN(CCCc2cccc(OCC3CCCO3)c2)CC1. The van der Waals surface area contributed by atoms with E-state index in [9.17, 15) is 0 Å². The van der Waals surface area contributed by atoms with Crippen LogP contribution in [0.15, 0.2) is 24.3 Å². The number of rotatable bonds is 7. The molecule has 0 spiro atoms. The van der Waals surface area contributed by atoms with Crippen molar-refractivity contribution in [2.45, 2.75) is 31.8 Å². The maximum absolute atomic E-state index is 5.90. The van der Waals surface area contributed by atoms with Gasteiger partial charge in [0.05, 0.1) is 6.10 Å². The molecule has 0 N–H and O–H groups in total. The van der Waals surface area contributed by atoms with Crippen LogP contribution in [0, 0.1) is 0 Å². The average molecular weight is 318 g/mol. The molecule has 0 amide bonds. The molecule has 1 atom stereocenters. The summed E-state index contributed by atoms with van der Waals surface area (Å²) in [6.45, 7) is 7.60. The van der Waals surface area contributed by atoms with E-state index in [-0.39, 0.29) is 6.10 Å². The zero-order valence-corrected chi connectivity index (χ0v) is 14.4. The summed E-state index contributed by atoms with van der Waals surface area (Å²) in [5, 5.41) is 0. The van der Waals surface area contributed by atoms with E-state index in [1.807, 2.05) is 0 Å². The Labute approximate surface area is 140 Å². The number of aryl methyl sites for hydroxylation is 1. The fourth-order valence-corrected chi connectivity index (χ4v) is 3.33. The molecule has 1 aromatic rings. The third kappa shape index (κ3) is 5.48. The largest absolute Gasteiger partial charge is 0.491 e. The highest BCUT2D eigenvalue weighted by atomic mass is 16.5. The Morgan fingerprint density at radius 2 is 2.09 bits per heavy atom. The molecule has 2 fully saturated rings.